The van der Waals surface area contributed by atoms with Gasteiger partial charge in [-0.05, 0) is 30.9 Å². The van der Waals surface area contributed by atoms with Crippen LogP contribution in [0.2, 0.25) is 5.28 Å². The molecule has 1 aromatic rings. The van der Waals surface area contributed by atoms with Crippen molar-refractivity contribution in [2.75, 3.05) is 23.9 Å². The fourth-order valence-corrected chi connectivity index (χ4v) is 2.89. The molecule has 18 heavy (non-hydrogen) atoms. The maximum Gasteiger partial charge on any atom is 0.252 e. The van der Waals surface area contributed by atoms with E-state index in [0.29, 0.717) is 0 Å². The summed E-state index contributed by atoms with van der Waals surface area (Å²) in [6.07, 6.45) is 2.49. The summed E-state index contributed by atoms with van der Waals surface area (Å²) in [7, 11) is 3.71. The maximum absolute atomic E-state index is 12.4. The number of hydrogen-bond acceptors (Lipinski definition) is 4. The minimum atomic E-state index is -0.384. The molecular formula is C12H15ClN4O. The normalized spacial score (nSPS) is 20.3. The minimum Gasteiger partial charge on any atom is -0.343 e. The van der Waals surface area contributed by atoms with E-state index < -0.39 is 0 Å². The quantitative estimate of drug-likeness (QED) is 0.725. The van der Waals surface area contributed by atoms with Gasteiger partial charge in [0.05, 0.1) is 5.69 Å². The van der Waals surface area contributed by atoms with Crippen molar-refractivity contribution < 1.29 is 4.79 Å². The van der Waals surface area contributed by atoms with Gasteiger partial charge in [-0.3, -0.25) is 4.79 Å². The van der Waals surface area contributed by atoms with Crippen molar-refractivity contribution >= 4 is 29.0 Å². The number of carbonyl (C=O) groups is 1. The number of likely N-dealkylation sites (N-methyl/N-ethyl adjacent to an activating group) is 2. The molecule has 5 nitrogen and oxygen atoms in total. The van der Waals surface area contributed by atoms with Crippen molar-refractivity contribution in [2.45, 2.75) is 31.7 Å². The Labute approximate surface area is 111 Å². The summed E-state index contributed by atoms with van der Waals surface area (Å²) < 4.78 is 0. The van der Waals surface area contributed by atoms with Gasteiger partial charge in [0.2, 0.25) is 5.28 Å². The third-order valence-corrected chi connectivity index (χ3v) is 4.14. The Morgan fingerprint density at radius 3 is 2.56 bits per heavy atom. The molecule has 0 N–H and O–H groups in total. The van der Waals surface area contributed by atoms with Crippen molar-refractivity contribution in [3.05, 3.63) is 11.0 Å². The van der Waals surface area contributed by atoms with Crippen LogP contribution in [-0.2, 0) is 11.2 Å². The summed E-state index contributed by atoms with van der Waals surface area (Å²) in [5, 5.41) is 0.246. The molecule has 2 aliphatic rings. The van der Waals surface area contributed by atoms with Gasteiger partial charge in [0.15, 0.2) is 5.82 Å². The Hall–Kier alpha value is -1.36. The monoisotopic (exact) mass is 266 g/mol. The first-order chi connectivity index (χ1) is 8.51. The van der Waals surface area contributed by atoms with E-state index >= 15 is 0 Å². The fourth-order valence-electron chi connectivity index (χ4n) is 2.71. The molecule has 0 atom stereocenters. The van der Waals surface area contributed by atoms with Crippen LogP contribution in [0.15, 0.2) is 0 Å². The lowest BCUT2D eigenvalue weighted by Crippen LogP contribution is -2.53. The predicted octanol–water partition coefficient (Wildman–Crippen LogP) is 1.64. The van der Waals surface area contributed by atoms with Gasteiger partial charge in [0.25, 0.3) is 5.91 Å². The number of aryl methyl sites for hydroxylation is 1. The molecule has 1 fully saturated rings. The molecule has 96 valence electrons. The molecular weight excluding hydrogens is 252 g/mol. The number of nitrogens with zero attached hydrogens (tertiary/aromatic N) is 4. The van der Waals surface area contributed by atoms with Crippen molar-refractivity contribution in [2.24, 2.45) is 0 Å². The molecule has 3 rings (SSSR count). The summed E-state index contributed by atoms with van der Waals surface area (Å²) >= 11 is 5.97. The summed E-state index contributed by atoms with van der Waals surface area (Å²) in [6, 6.07) is 0. The average molecular weight is 267 g/mol. The van der Waals surface area contributed by atoms with Crippen LogP contribution in [0, 0.1) is 0 Å². The molecule has 0 radical (unpaired) electrons. The topological polar surface area (TPSA) is 49.3 Å². The van der Waals surface area contributed by atoms with Crippen LogP contribution in [-0.4, -0.2) is 35.5 Å². The minimum absolute atomic E-state index is 0.137. The molecule has 0 bridgehead atoms. The Morgan fingerprint density at radius 1 is 1.33 bits per heavy atom. The van der Waals surface area contributed by atoms with Crippen LogP contribution in [0.25, 0.3) is 0 Å². The van der Waals surface area contributed by atoms with Gasteiger partial charge in [-0.2, -0.15) is 4.98 Å². The first kappa shape index (κ1) is 11.7. The standard InChI is InChI=1S/C12H15ClN4O/c1-4-7-8-9(15-11(13)14-7)17(3)12(5-6-12)10(18)16(8)2/h4-6H2,1-3H3. The SMILES string of the molecule is CCc1nc(Cl)nc2c1N(C)C(=O)C1(CC1)N2C. The third-order valence-electron chi connectivity index (χ3n) is 3.97. The zero-order valence-electron chi connectivity index (χ0n) is 10.7. The number of rotatable bonds is 1. The summed E-state index contributed by atoms with van der Waals surface area (Å²) in [6.45, 7) is 2.00. The Kier molecular flexibility index (Phi) is 2.32. The van der Waals surface area contributed by atoms with Gasteiger partial charge >= 0.3 is 0 Å². The van der Waals surface area contributed by atoms with Gasteiger partial charge in [-0.15, -0.1) is 0 Å². The van der Waals surface area contributed by atoms with E-state index in [9.17, 15) is 4.79 Å². The second kappa shape index (κ2) is 3.57. The highest BCUT2D eigenvalue weighted by molar-refractivity contribution is 6.28. The number of hydrogen-bond donors (Lipinski definition) is 0. The lowest BCUT2D eigenvalue weighted by atomic mass is 10.1. The van der Waals surface area contributed by atoms with Crippen molar-refractivity contribution in [3.8, 4) is 0 Å². The van der Waals surface area contributed by atoms with Crippen molar-refractivity contribution in [1.29, 1.82) is 0 Å². The van der Waals surface area contributed by atoms with Crippen LogP contribution < -0.4 is 9.80 Å². The van der Waals surface area contributed by atoms with Crippen LogP contribution in [0.1, 0.15) is 25.5 Å². The molecule has 1 saturated carbocycles. The summed E-state index contributed by atoms with van der Waals surface area (Å²) in [5.41, 5.74) is 1.24. The molecule has 1 aliphatic carbocycles. The van der Waals surface area contributed by atoms with E-state index in [4.69, 9.17) is 11.6 Å². The molecule has 1 amide bonds. The van der Waals surface area contributed by atoms with Crippen molar-refractivity contribution in [3.63, 3.8) is 0 Å². The third kappa shape index (κ3) is 1.31. The Balaban J connectivity index is 2.24. The van der Waals surface area contributed by atoms with Gasteiger partial charge in [-0.25, -0.2) is 4.98 Å². The van der Waals surface area contributed by atoms with Gasteiger partial charge in [0, 0.05) is 14.1 Å². The zero-order chi connectivity index (χ0) is 13.1. The first-order valence-corrected chi connectivity index (χ1v) is 6.47. The molecule has 0 saturated heterocycles. The van der Waals surface area contributed by atoms with Crippen LogP contribution >= 0.6 is 11.6 Å². The number of carbonyl (C=O) groups excluding carboxylic acids is 1. The summed E-state index contributed by atoms with van der Waals surface area (Å²) in [4.78, 5) is 24.6. The largest absolute Gasteiger partial charge is 0.343 e. The highest BCUT2D eigenvalue weighted by atomic mass is 35.5. The van der Waals surface area contributed by atoms with Gasteiger partial charge in [-0.1, -0.05) is 6.92 Å². The highest BCUT2D eigenvalue weighted by Gasteiger charge is 2.58. The summed E-state index contributed by atoms with van der Waals surface area (Å²) in [5.74, 6) is 0.907. The van der Waals surface area contributed by atoms with E-state index in [1.165, 1.54) is 0 Å². The van der Waals surface area contributed by atoms with Crippen LogP contribution in [0.3, 0.4) is 0 Å². The second-order valence-electron chi connectivity index (χ2n) is 4.92. The number of fused-ring (bicyclic) bond motifs is 1. The molecule has 1 aromatic heterocycles. The van der Waals surface area contributed by atoms with E-state index in [-0.39, 0.29) is 16.7 Å². The molecule has 6 heteroatoms. The number of amides is 1. The number of anilines is 2. The Morgan fingerprint density at radius 2 is 2.00 bits per heavy atom. The van der Waals surface area contributed by atoms with Gasteiger partial charge in [0.1, 0.15) is 11.2 Å². The lowest BCUT2D eigenvalue weighted by Gasteiger charge is -2.39. The van der Waals surface area contributed by atoms with Crippen LogP contribution in [0.4, 0.5) is 11.5 Å². The molecule has 2 heterocycles. The zero-order valence-corrected chi connectivity index (χ0v) is 11.5. The molecule has 1 spiro atoms. The van der Waals surface area contributed by atoms with Gasteiger partial charge < -0.3 is 9.80 Å². The Bertz CT molecular complexity index is 541. The van der Waals surface area contributed by atoms with E-state index in [0.717, 1.165) is 36.5 Å². The van der Waals surface area contributed by atoms with Crippen LogP contribution in [0.5, 0.6) is 0 Å². The first-order valence-electron chi connectivity index (χ1n) is 6.09. The molecule has 0 unspecified atom stereocenters. The van der Waals surface area contributed by atoms with E-state index in [1.807, 2.05) is 18.9 Å². The molecule has 1 aliphatic heterocycles. The lowest BCUT2D eigenvalue weighted by molar-refractivity contribution is -0.120. The second-order valence-corrected chi connectivity index (χ2v) is 5.26. The fraction of sp³-hybridized carbons (Fsp3) is 0.583. The highest BCUT2D eigenvalue weighted by Crippen LogP contribution is 2.51. The maximum atomic E-state index is 12.4. The van der Waals surface area contributed by atoms with Crippen molar-refractivity contribution in [1.82, 2.24) is 9.97 Å². The van der Waals surface area contributed by atoms with E-state index in [2.05, 4.69) is 9.97 Å². The molecule has 0 aromatic carbocycles. The smallest absolute Gasteiger partial charge is 0.252 e. The van der Waals surface area contributed by atoms with E-state index in [1.54, 1.807) is 11.9 Å². The number of halogens is 1. The number of aromatic nitrogens is 2. The average Bonchev–Trinajstić information content (AvgIpc) is 3.14. The predicted molar refractivity (Wildman–Crippen MR) is 70.2 cm³/mol.